The Kier molecular flexibility index (Phi) is 3.54. The number of anilines is 1. The van der Waals surface area contributed by atoms with Crippen LogP contribution in [0.15, 0.2) is 61.2 Å². The molecule has 0 aliphatic heterocycles. The lowest BCUT2D eigenvalue weighted by Crippen LogP contribution is -2.02. The monoisotopic (exact) mass is 373 g/mol. The smallest absolute Gasteiger partial charge is 0.220 e. The highest BCUT2D eigenvalue weighted by Gasteiger charge is 2.16. The van der Waals surface area contributed by atoms with Crippen LogP contribution in [0, 0.1) is 5.82 Å². The van der Waals surface area contributed by atoms with Crippen LogP contribution in [0.2, 0.25) is 0 Å². The summed E-state index contributed by atoms with van der Waals surface area (Å²) in [6.07, 6.45) is 4.87. The number of fused-ring (bicyclic) bond motifs is 1. The van der Waals surface area contributed by atoms with Gasteiger partial charge in [0.15, 0.2) is 11.5 Å². The normalized spacial score (nSPS) is 11.2. The van der Waals surface area contributed by atoms with Crippen molar-refractivity contribution in [2.75, 3.05) is 5.73 Å². The summed E-state index contributed by atoms with van der Waals surface area (Å²) in [6, 6.07) is 11.4. The van der Waals surface area contributed by atoms with Crippen molar-refractivity contribution >= 4 is 11.6 Å². The Hall–Kier alpha value is -4.21. The zero-order chi connectivity index (χ0) is 19.1. The zero-order valence-electron chi connectivity index (χ0n) is 14.3. The van der Waals surface area contributed by atoms with Crippen LogP contribution in [0.5, 0.6) is 0 Å². The van der Waals surface area contributed by atoms with Gasteiger partial charge in [0.25, 0.3) is 0 Å². The van der Waals surface area contributed by atoms with Crippen LogP contribution in [-0.4, -0.2) is 39.6 Å². The van der Waals surface area contributed by atoms with Crippen LogP contribution in [0.1, 0.15) is 0 Å². The van der Waals surface area contributed by atoms with Crippen LogP contribution >= 0.6 is 0 Å². The van der Waals surface area contributed by atoms with Gasteiger partial charge in [-0.15, -0.1) is 15.3 Å². The molecular weight excluding hydrogens is 361 g/mol. The maximum absolute atomic E-state index is 13.4. The minimum atomic E-state index is -0.323. The summed E-state index contributed by atoms with van der Waals surface area (Å²) in [5.41, 5.74) is 9.03. The molecule has 136 valence electrons. The molecule has 0 atom stereocenters. The zero-order valence-corrected chi connectivity index (χ0v) is 14.3. The lowest BCUT2D eigenvalue weighted by molar-refractivity contribution is 0.628. The van der Waals surface area contributed by atoms with E-state index in [1.54, 1.807) is 51.9 Å². The molecule has 0 aliphatic carbocycles. The van der Waals surface area contributed by atoms with E-state index in [0.29, 0.717) is 28.4 Å². The Morgan fingerprint density at radius 2 is 1.82 bits per heavy atom. The van der Waals surface area contributed by atoms with E-state index >= 15 is 0 Å². The SMILES string of the molecule is Nc1nccc(-c2cn(-c3ccc4nncn4n3)nc2-c2ccc(F)cc2)n1. The summed E-state index contributed by atoms with van der Waals surface area (Å²) in [6.45, 7) is 0. The summed E-state index contributed by atoms with van der Waals surface area (Å²) in [4.78, 5) is 8.22. The quantitative estimate of drug-likeness (QED) is 0.515. The van der Waals surface area contributed by atoms with Gasteiger partial charge < -0.3 is 5.73 Å². The van der Waals surface area contributed by atoms with Gasteiger partial charge in [0.05, 0.1) is 5.69 Å². The molecular formula is C18H12FN9. The highest BCUT2D eigenvalue weighted by Crippen LogP contribution is 2.31. The summed E-state index contributed by atoms with van der Waals surface area (Å²) in [7, 11) is 0. The van der Waals surface area contributed by atoms with Crippen molar-refractivity contribution in [1.82, 2.24) is 39.6 Å². The van der Waals surface area contributed by atoms with Crippen molar-refractivity contribution in [2.24, 2.45) is 0 Å². The molecule has 0 saturated carbocycles. The van der Waals surface area contributed by atoms with E-state index in [0.717, 1.165) is 5.56 Å². The molecule has 5 rings (SSSR count). The lowest BCUT2D eigenvalue weighted by atomic mass is 10.1. The molecule has 9 nitrogen and oxygen atoms in total. The van der Waals surface area contributed by atoms with Crippen molar-refractivity contribution in [3.63, 3.8) is 0 Å². The fraction of sp³-hybridized carbons (Fsp3) is 0. The van der Waals surface area contributed by atoms with Gasteiger partial charge in [-0.05, 0) is 42.5 Å². The van der Waals surface area contributed by atoms with Crippen molar-refractivity contribution in [3.05, 3.63) is 67.0 Å². The number of nitrogen functional groups attached to an aromatic ring is 1. The third-order valence-electron chi connectivity index (χ3n) is 4.16. The van der Waals surface area contributed by atoms with E-state index < -0.39 is 0 Å². The molecule has 0 saturated heterocycles. The maximum Gasteiger partial charge on any atom is 0.220 e. The van der Waals surface area contributed by atoms with Crippen LogP contribution in [-0.2, 0) is 0 Å². The Labute approximate surface area is 157 Å². The van der Waals surface area contributed by atoms with Crippen molar-refractivity contribution < 1.29 is 4.39 Å². The van der Waals surface area contributed by atoms with E-state index in [-0.39, 0.29) is 11.8 Å². The minimum absolute atomic E-state index is 0.152. The van der Waals surface area contributed by atoms with E-state index in [1.807, 2.05) is 0 Å². The predicted octanol–water partition coefficient (Wildman–Crippen LogP) is 2.16. The third kappa shape index (κ3) is 2.72. The molecule has 5 aromatic rings. The molecule has 0 amide bonds. The number of hydrogen-bond donors (Lipinski definition) is 1. The molecule has 0 aliphatic rings. The topological polar surface area (TPSA) is 113 Å². The van der Waals surface area contributed by atoms with Gasteiger partial charge in [0.1, 0.15) is 17.8 Å². The molecule has 4 heterocycles. The van der Waals surface area contributed by atoms with Gasteiger partial charge in [-0.1, -0.05) is 0 Å². The summed E-state index contributed by atoms with van der Waals surface area (Å²) in [5, 5.41) is 16.9. The van der Waals surface area contributed by atoms with Crippen molar-refractivity contribution in [1.29, 1.82) is 0 Å². The standard InChI is InChI=1S/C18H12FN9/c19-12-3-1-11(2-4-12)17-13(14-7-8-21-18(20)23-14)9-27(26-17)16-6-5-15-24-22-10-28(15)25-16/h1-10H,(H2,20,21,23). The van der Waals surface area contributed by atoms with Crippen molar-refractivity contribution in [2.45, 2.75) is 0 Å². The van der Waals surface area contributed by atoms with Gasteiger partial charge in [-0.2, -0.15) is 9.61 Å². The first-order valence-electron chi connectivity index (χ1n) is 8.29. The van der Waals surface area contributed by atoms with E-state index in [9.17, 15) is 4.39 Å². The average molecular weight is 373 g/mol. The molecule has 10 heteroatoms. The number of halogens is 1. The van der Waals surface area contributed by atoms with E-state index in [1.165, 1.54) is 18.5 Å². The third-order valence-corrected chi connectivity index (χ3v) is 4.16. The Morgan fingerprint density at radius 3 is 2.64 bits per heavy atom. The number of hydrogen-bond acceptors (Lipinski definition) is 7. The van der Waals surface area contributed by atoms with Crippen LogP contribution < -0.4 is 5.73 Å². The molecule has 0 fully saturated rings. The molecule has 0 radical (unpaired) electrons. The number of aromatic nitrogens is 8. The lowest BCUT2D eigenvalue weighted by Gasteiger charge is -2.02. The second kappa shape index (κ2) is 6.20. The van der Waals surface area contributed by atoms with Crippen LogP contribution in [0.25, 0.3) is 34.0 Å². The van der Waals surface area contributed by atoms with Gasteiger partial charge in [-0.3, -0.25) is 0 Å². The first-order chi connectivity index (χ1) is 13.7. The second-order valence-corrected chi connectivity index (χ2v) is 5.97. The summed E-state index contributed by atoms with van der Waals surface area (Å²) in [5.74, 6) is 0.388. The molecule has 0 unspecified atom stereocenters. The Bertz CT molecular complexity index is 1290. The van der Waals surface area contributed by atoms with Crippen molar-refractivity contribution in [3.8, 4) is 28.3 Å². The number of rotatable bonds is 3. The van der Waals surface area contributed by atoms with Gasteiger partial charge in [-0.25, -0.2) is 19.0 Å². The Morgan fingerprint density at radius 1 is 0.964 bits per heavy atom. The largest absolute Gasteiger partial charge is 0.368 e. The highest BCUT2D eigenvalue weighted by atomic mass is 19.1. The fourth-order valence-corrected chi connectivity index (χ4v) is 2.86. The number of benzene rings is 1. The molecule has 2 N–H and O–H groups in total. The fourth-order valence-electron chi connectivity index (χ4n) is 2.86. The minimum Gasteiger partial charge on any atom is -0.368 e. The number of nitrogens with zero attached hydrogens (tertiary/aromatic N) is 8. The first-order valence-corrected chi connectivity index (χ1v) is 8.29. The van der Waals surface area contributed by atoms with Gasteiger partial charge in [0.2, 0.25) is 5.95 Å². The number of nitrogens with two attached hydrogens (primary N) is 1. The Balaban J connectivity index is 1.71. The first kappa shape index (κ1) is 16.0. The molecule has 28 heavy (non-hydrogen) atoms. The van der Waals surface area contributed by atoms with Crippen LogP contribution in [0.4, 0.5) is 10.3 Å². The van der Waals surface area contributed by atoms with E-state index in [4.69, 9.17) is 5.73 Å². The molecule has 0 spiro atoms. The predicted molar refractivity (Wildman–Crippen MR) is 98.7 cm³/mol. The molecule has 0 bridgehead atoms. The van der Waals surface area contributed by atoms with Gasteiger partial charge >= 0.3 is 0 Å². The average Bonchev–Trinajstić information content (AvgIpc) is 3.35. The second-order valence-electron chi connectivity index (χ2n) is 5.97. The van der Waals surface area contributed by atoms with E-state index in [2.05, 4.69) is 30.4 Å². The maximum atomic E-state index is 13.4. The molecule has 4 aromatic heterocycles. The summed E-state index contributed by atoms with van der Waals surface area (Å²) >= 11 is 0. The highest BCUT2D eigenvalue weighted by molar-refractivity contribution is 5.79. The summed E-state index contributed by atoms with van der Waals surface area (Å²) < 4.78 is 16.5. The molecule has 1 aromatic carbocycles. The van der Waals surface area contributed by atoms with Gasteiger partial charge in [0, 0.05) is 23.5 Å². The van der Waals surface area contributed by atoms with Crippen LogP contribution in [0.3, 0.4) is 0 Å².